The Morgan fingerprint density at radius 2 is 2.28 bits per heavy atom. The molecule has 2 aliphatic heterocycles. The first-order chi connectivity index (χ1) is 8.39. The van der Waals surface area contributed by atoms with E-state index >= 15 is 0 Å². The molecular formula is C13H19NO4. The molecule has 2 rings (SSSR count). The number of hydrogen-bond acceptors (Lipinski definition) is 4. The van der Waals surface area contributed by atoms with Gasteiger partial charge in [0.15, 0.2) is 0 Å². The number of amides is 1. The molecule has 5 heteroatoms. The van der Waals surface area contributed by atoms with Gasteiger partial charge in [-0.05, 0) is 20.8 Å². The van der Waals surface area contributed by atoms with E-state index in [2.05, 4.69) is 5.92 Å². The molecule has 2 aliphatic rings. The highest BCUT2D eigenvalue weighted by molar-refractivity contribution is 5.80. The van der Waals surface area contributed by atoms with Crippen molar-refractivity contribution in [2.45, 2.75) is 51.0 Å². The number of hydrogen-bond donors (Lipinski definition) is 0. The van der Waals surface area contributed by atoms with Crippen LogP contribution in [0.5, 0.6) is 0 Å². The van der Waals surface area contributed by atoms with E-state index < -0.39 is 11.3 Å². The van der Waals surface area contributed by atoms with Crippen LogP contribution in [0, 0.1) is 12.3 Å². The van der Waals surface area contributed by atoms with Crippen molar-refractivity contribution in [1.82, 2.24) is 4.90 Å². The summed E-state index contributed by atoms with van der Waals surface area (Å²) >= 11 is 0. The molecule has 0 saturated carbocycles. The van der Waals surface area contributed by atoms with Gasteiger partial charge in [0, 0.05) is 12.8 Å². The molecule has 0 aromatic carbocycles. The number of likely N-dealkylation sites (tertiary alicyclic amines) is 1. The number of rotatable bonds is 4. The van der Waals surface area contributed by atoms with Crippen LogP contribution in [0.3, 0.4) is 0 Å². The third-order valence-electron chi connectivity index (χ3n) is 2.98. The number of carbonyl (C=O) groups is 1. The van der Waals surface area contributed by atoms with E-state index in [1.807, 2.05) is 20.8 Å². The maximum Gasteiger partial charge on any atom is 0.225 e. The third kappa shape index (κ3) is 2.51. The highest BCUT2D eigenvalue weighted by Gasteiger charge is 2.59. The number of terminal acetylenes is 1. The van der Waals surface area contributed by atoms with Gasteiger partial charge in [-0.25, -0.2) is 9.78 Å². The minimum atomic E-state index is -0.850. The van der Waals surface area contributed by atoms with Crippen molar-refractivity contribution in [3.8, 4) is 12.3 Å². The minimum Gasteiger partial charge on any atom is -0.368 e. The van der Waals surface area contributed by atoms with Crippen molar-refractivity contribution in [1.29, 1.82) is 0 Å². The average molecular weight is 253 g/mol. The summed E-state index contributed by atoms with van der Waals surface area (Å²) in [6, 6.07) is 0. The molecule has 0 spiro atoms. The molecule has 0 aromatic rings. The van der Waals surface area contributed by atoms with Gasteiger partial charge in [-0.15, -0.1) is 6.42 Å². The summed E-state index contributed by atoms with van der Waals surface area (Å²) in [5, 5.41) is 0. The molecule has 0 N–H and O–H groups in total. The van der Waals surface area contributed by atoms with E-state index in [0.29, 0.717) is 19.4 Å². The van der Waals surface area contributed by atoms with Crippen LogP contribution in [0.1, 0.15) is 33.6 Å². The highest BCUT2D eigenvalue weighted by Crippen LogP contribution is 2.41. The second-order valence-corrected chi connectivity index (χ2v) is 5.63. The maximum atomic E-state index is 11.9. The Labute approximate surface area is 107 Å². The topological polar surface area (TPSA) is 51.3 Å². The summed E-state index contributed by atoms with van der Waals surface area (Å²) in [5.41, 5.74) is -1.30. The van der Waals surface area contributed by atoms with Crippen LogP contribution in [-0.2, 0) is 19.3 Å². The lowest BCUT2D eigenvalue weighted by Gasteiger charge is -2.36. The van der Waals surface area contributed by atoms with Crippen LogP contribution < -0.4 is 0 Å². The Bertz CT molecular complexity index is 377. The van der Waals surface area contributed by atoms with E-state index in [-0.39, 0.29) is 18.6 Å². The van der Waals surface area contributed by atoms with Gasteiger partial charge < -0.3 is 4.74 Å². The SMILES string of the molecule is C#CCN1C(=O)CC[C@]1(OOC(C)(C)C)[C@@H]1CO1. The Morgan fingerprint density at radius 1 is 1.61 bits per heavy atom. The van der Waals surface area contributed by atoms with Gasteiger partial charge in [0.25, 0.3) is 0 Å². The van der Waals surface area contributed by atoms with Crippen LogP contribution in [-0.4, -0.2) is 41.4 Å². The molecule has 0 radical (unpaired) electrons. The molecule has 0 unspecified atom stereocenters. The maximum absolute atomic E-state index is 11.9. The molecule has 5 nitrogen and oxygen atoms in total. The Morgan fingerprint density at radius 3 is 2.78 bits per heavy atom. The molecule has 100 valence electrons. The Hall–Kier alpha value is -1.09. The normalized spacial score (nSPS) is 31.6. The quantitative estimate of drug-likeness (QED) is 0.326. The lowest BCUT2D eigenvalue weighted by atomic mass is 10.1. The van der Waals surface area contributed by atoms with Gasteiger partial charge in [0.2, 0.25) is 11.6 Å². The largest absolute Gasteiger partial charge is 0.368 e. The van der Waals surface area contributed by atoms with Crippen molar-refractivity contribution < 1.29 is 19.3 Å². The van der Waals surface area contributed by atoms with Crippen molar-refractivity contribution >= 4 is 5.91 Å². The molecule has 0 aromatic heterocycles. The minimum absolute atomic E-state index is 0.0130. The zero-order chi connectivity index (χ0) is 13.4. The van der Waals surface area contributed by atoms with Crippen LogP contribution in [0.25, 0.3) is 0 Å². The fourth-order valence-electron chi connectivity index (χ4n) is 2.06. The lowest BCUT2D eigenvalue weighted by molar-refractivity contribution is -0.427. The molecule has 2 fully saturated rings. The number of epoxide rings is 1. The van der Waals surface area contributed by atoms with E-state index in [1.165, 1.54) is 0 Å². The summed E-state index contributed by atoms with van der Waals surface area (Å²) in [4.78, 5) is 24.4. The monoisotopic (exact) mass is 253 g/mol. The molecule has 0 aliphatic carbocycles. The summed E-state index contributed by atoms with van der Waals surface area (Å²) in [5.74, 6) is 2.48. The van der Waals surface area contributed by atoms with Gasteiger partial charge in [-0.1, -0.05) is 5.92 Å². The smallest absolute Gasteiger partial charge is 0.225 e. The molecule has 1 amide bonds. The number of ether oxygens (including phenoxy) is 1. The van der Waals surface area contributed by atoms with Crippen LogP contribution in [0.4, 0.5) is 0 Å². The van der Waals surface area contributed by atoms with E-state index in [9.17, 15) is 4.79 Å². The van der Waals surface area contributed by atoms with E-state index in [4.69, 9.17) is 20.9 Å². The second kappa shape index (κ2) is 4.54. The fraction of sp³-hybridized carbons (Fsp3) is 0.769. The summed E-state index contributed by atoms with van der Waals surface area (Å²) in [6.45, 7) is 6.44. The summed E-state index contributed by atoms with van der Waals surface area (Å²) < 4.78 is 5.32. The second-order valence-electron chi connectivity index (χ2n) is 5.63. The van der Waals surface area contributed by atoms with Crippen LogP contribution in [0.15, 0.2) is 0 Å². The van der Waals surface area contributed by atoms with Crippen molar-refractivity contribution in [2.75, 3.05) is 13.2 Å². The molecular weight excluding hydrogens is 234 g/mol. The van der Waals surface area contributed by atoms with E-state index in [1.54, 1.807) is 4.90 Å². The molecule has 2 atom stereocenters. The van der Waals surface area contributed by atoms with E-state index in [0.717, 1.165) is 0 Å². The number of carbonyl (C=O) groups excluding carboxylic acids is 1. The van der Waals surface area contributed by atoms with Crippen LogP contribution in [0.2, 0.25) is 0 Å². The predicted molar refractivity (Wildman–Crippen MR) is 64.2 cm³/mol. The fourth-order valence-corrected chi connectivity index (χ4v) is 2.06. The average Bonchev–Trinajstić information content (AvgIpc) is 3.06. The first-order valence-corrected chi connectivity index (χ1v) is 6.11. The Balaban J connectivity index is 2.16. The standard InChI is InChI=1S/C13H19NO4/c1-5-8-14-11(15)6-7-13(14,10-9-16-10)18-17-12(2,3)4/h1,10H,6-9H2,2-4H3/t10-,13-/m0/s1. The first kappa shape index (κ1) is 13.3. The van der Waals surface area contributed by atoms with Crippen LogP contribution >= 0.6 is 0 Å². The number of nitrogens with zero attached hydrogens (tertiary/aromatic N) is 1. The summed E-state index contributed by atoms with van der Waals surface area (Å²) in [7, 11) is 0. The predicted octanol–water partition coefficient (Wildman–Crippen LogP) is 1.08. The molecule has 2 heterocycles. The lowest BCUT2D eigenvalue weighted by Crippen LogP contribution is -2.53. The highest BCUT2D eigenvalue weighted by atomic mass is 17.2. The third-order valence-corrected chi connectivity index (χ3v) is 2.98. The zero-order valence-corrected chi connectivity index (χ0v) is 11.1. The molecule has 2 saturated heterocycles. The van der Waals surface area contributed by atoms with Crippen molar-refractivity contribution in [3.63, 3.8) is 0 Å². The van der Waals surface area contributed by atoms with Gasteiger partial charge in [-0.2, -0.15) is 0 Å². The van der Waals surface area contributed by atoms with Gasteiger partial charge in [0.05, 0.1) is 18.8 Å². The molecule has 18 heavy (non-hydrogen) atoms. The Kier molecular flexibility index (Phi) is 3.37. The zero-order valence-electron chi connectivity index (χ0n) is 11.1. The van der Waals surface area contributed by atoms with Gasteiger partial charge >= 0.3 is 0 Å². The first-order valence-electron chi connectivity index (χ1n) is 6.11. The van der Waals surface area contributed by atoms with Crippen molar-refractivity contribution in [3.05, 3.63) is 0 Å². The molecule has 0 bridgehead atoms. The van der Waals surface area contributed by atoms with Gasteiger partial charge in [0.1, 0.15) is 6.10 Å². The summed E-state index contributed by atoms with van der Waals surface area (Å²) in [6.07, 6.45) is 6.14. The van der Waals surface area contributed by atoms with Gasteiger partial charge in [-0.3, -0.25) is 9.69 Å². The van der Waals surface area contributed by atoms with Crippen molar-refractivity contribution in [2.24, 2.45) is 0 Å².